The first-order valence-corrected chi connectivity index (χ1v) is 12.3. The Morgan fingerprint density at radius 3 is 2.48 bits per heavy atom. The largest absolute Gasteiger partial charge is 0.497 e. The number of benzene rings is 2. The highest BCUT2D eigenvalue weighted by Gasteiger charge is 2.42. The molecule has 0 radical (unpaired) electrons. The van der Waals surface area contributed by atoms with E-state index in [1.807, 2.05) is 0 Å². The first kappa shape index (κ1) is 21.7. The van der Waals surface area contributed by atoms with Crippen LogP contribution in [0.2, 0.25) is 0 Å². The number of nitrogens with zero attached hydrogens (tertiary/aromatic N) is 1. The molecule has 2 fully saturated rings. The van der Waals surface area contributed by atoms with Gasteiger partial charge in [0, 0.05) is 18.7 Å². The Morgan fingerprint density at radius 2 is 1.87 bits per heavy atom. The molecule has 6 nitrogen and oxygen atoms in total. The molecule has 0 aromatic heterocycles. The number of hydrogen-bond donors (Lipinski definition) is 1. The maximum absolute atomic E-state index is 13.1. The molecule has 1 N–H and O–H groups in total. The molecule has 2 saturated carbocycles. The number of nitrogens with one attached hydrogen (secondary N) is 1. The Balaban J connectivity index is 1.49. The Kier molecular flexibility index (Phi) is 5.97. The summed E-state index contributed by atoms with van der Waals surface area (Å²) in [6, 6.07) is 13.1. The molecule has 7 heteroatoms. The van der Waals surface area contributed by atoms with Crippen LogP contribution in [0.15, 0.2) is 53.4 Å². The van der Waals surface area contributed by atoms with Gasteiger partial charge in [-0.1, -0.05) is 12.5 Å². The minimum atomic E-state index is -3.81. The van der Waals surface area contributed by atoms with Crippen LogP contribution in [0, 0.1) is 17.8 Å². The number of anilines is 1. The molecular weight excluding hydrogens is 412 g/mol. The zero-order chi connectivity index (χ0) is 22.2. The molecule has 2 aliphatic rings. The second-order valence-electron chi connectivity index (χ2n) is 8.80. The van der Waals surface area contributed by atoms with Crippen molar-refractivity contribution < 1.29 is 17.9 Å². The van der Waals surface area contributed by atoms with Crippen molar-refractivity contribution in [1.29, 1.82) is 0 Å². The van der Waals surface area contributed by atoms with E-state index in [2.05, 4.69) is 12.2 Å². The second kappa shape index (κ2) is 8.54. The highest BCUT2D eigenvalue weighted by Crippen LogP contribution is 2.49. The average Bonchev–Trinajstić information content (AvgIpc) is 3.42. The van der Waals surface area contributed by atoms with Gasteiger partial charge >= 0.3 is 0 Å². The Bertz CT molecular complexity index is 1050. The van der Waals surface area contributed by atoms with Crippen molar-refractivity contribution in [2.75, 3.05) is 18.5 Å². The van der Waals surface area contributed by atoms with Crippen molar-refractivity contribution in [1.82, 2.24) is 5.32 Å². The van der Waals surface area contributed by atoms with Gasteiger partial charge in [0.25, 0.3) is 15.9 Å². The summed E-state index contributed by atoms with van der Waals surface area (Å²) in [5.41, 5.74) is 0.875. The van der Waals surface area contributed by atoms with Crippen molar-refractivity contribution in [2.45, 2.75) is 43.5 Å². The number of hydrogen-bond acceptors (Lipinski definition) is 4. The summed E-state index contributed by atoms with van der Waals surface area (Å²) in [4.78, 5) is 13.0. The lowest BCUT2D eigenvalue weighted by Crippen LogP contribution is -2.40. The average molecular weight is 443 g/mol. The smallest absolute Gasteiger partial charge is 0.264 e. The molecule has 1 amide bonds. The first-order valence-electron chi connectivity index (χ1n) is 10.8. The van der Waals surface area contributed by atoms with E-state index in [9.17, 15) is 13.2 Å². The molecule has 2 bridgehead atoms. The van der Waals surface area contributed by atoms with E-state index in [0.717, 1.165) is 5.92 Å². The van der Waals surface area contributed by atoms with Crippen LogP contribution in [0.4, 0.5) is 5.69 Å². The molecule has 166 valence electrons. The third-order valence-corrected chi connectivity index (χ3v) is 8.77. The molecule has 0 aliphatic heterocycles. The Morgan fingerprint density at radius 1 is 1.13 bits per heavy atom. The van der Waals surface area contributed by atoms with Gasteiger partial charge in [-0.05, 0) is 86.4 Å². The van der Waals surface area contributed by atoms with Crippen LogP contribution in [0.1, 0.15) is 43.0 Å². The third kappa shape index (κ3) is 4.28. The van der Waals surface area contributed by atoms with Gasteiger partial charge < -0.3 is 10.1 Å². The minimum Gasteiger partial charge on any atom is -0.497 e. The number of fused-ring (bicyclic) bond motifs is 2. The van der Waals surface area contributed by atoms with Gasteiger partial charge in [-0.2, -0.15) is 0 Å². The number of methoxy groups -OCH3 is 1. The van der Waals surface area contributed by atoms with E-state index in [-0.39, 0.29) is 16.8 Å². The third-order valence-electron chi connectivity index (χ3n) is 6.98. The van der Waals surface area contributed by atoms with E-state index in [1.165, 1.54) is 49.2 Å². The summed E-state index contributed by atoms with van der Waals surface area (Å²) in [5.74, 6) is 2.48. The maximum atomic E-state index is 13.1. The van der Waals surface area contributed by atoms with Crippen LogP contribution in [-0.4, -0.2) is 34.5 Å². The predicted molar refractivity (Wildman–Crippen MR) is 121 cm³/mol. The summed E-state index contributed by atoms with van der Waals surface area (Å²) in [5, 5.41) is 3.11. The standard InChI is InChI=1S/C24H30N2O4S/c1-16(23-14-17-7-8-18(23)13-17)25-24(27)19-5-4-6-22(15-19)31(28,29)26(2)20-9-11-21(30-3)12-10-20/h4-6,9-12,15-18,23H,7-8,13-14H2,1-3H3,(H,25,27)/t16-,17-,18-,23+/m0/s1. The first-order chi connectivity index (χ1) is 14.8. The predicted octanol–water partition coefficient (Wildman–Crippen LogP) is 4.07. The highest BCUT2D eigenvalue weighted by atomic mass is 32.2. The number of carbonyl (C=O) groups is 1. The zero-order valence-electron chi connectivity index (χ0n) is 18.2. The molecule has 2 aromatic carbocycles. The van der Waals surface area contributed by atoms with E-state index in [4.69, 9.17) is 4.74 Å². The van der Waals surface area contributed by atoms with Crippen LogP contribution in [0.3, 0.4) is 0 Å². The minimum absolute atomic E-state index is 0.0880. The number of ether oxygens (including phenoxy) is 1. The molecule has 31 heavy (non-hydrogen) atoms. The molecule has 2 aliphatic carbocycles. The fraction of sp³-hybridized carbons (Fsp3) is 0.458. The maximum Gasteiger partial charge on any atom is 0.264 e. The van der Waals surface area contributed by atoms with Crippen molar-refractivity contribution in [2.24, 2.45) is 17.8 Å². The quantitative estimate of drug-likeness (QED) is 0.701. The van der Waals surface area contributed by atoms with E-state index in [1.54, 1.807) is 43.5 Å². The lowest BCUT2D eigenvalue weighted by molar-refractivity contribution is 0.0915. The van der Waals surface area contributed by atoms with Gasteiger partial charge in [-0.3, -0.25) is 9.10 Å². The molecule has 0 saturated heterocycles. The van der Waals surface area contributed by atoms with Crippen LogP contribution in [-0.2, 0) is 10.0 Å². The summed E-state index contributed by atoms with van der Waals surface area (Å²) in [6.45, 7) is 2.07. The van der Waals surface area contributed by atoms with Gasteiger partial charge in [-0.15, -0.1) is 0 Å². The number of amides is 1. The van der Waals surface area contributed by atoms with E-state index in [0.29, 0.717) is 28.8 Å². The second-order valence-corrected chi connectivity index (χ2v) is 10.8. The fourth-order valence-electron chi connectivity index (χ4n) is 5.19. The van der Waals surface area contributed by atoms with Crippen LogP contribution in [0.5, 0.6) is 5.75 Å². The molecule has 0 spiro atoms. The Hall–Kier alpha value is -2.54. The lowest BCUT2D eigenvalue weighted by atomic mass is 9.84. The van der Waals surface area contributed by atoms with Gasteiger partial charge in [-0.25, -0.2) is 8.42 Å². The normalized spacial score (nSPS) is 23.4. The highest BCUT2D eigenvalue weighted by molar-refractivity contribution is 7.92. The number of rotatable bonds is 7. The lowest BCUT2D eigenvalue weighted by Gasteiger charge is -2.28. The summed E-state index contributed by atoms with van der Waals surface area (Å²) >= 11 is 0. The molecule has 0 heterocycles. The van der Waals surface area contributed by atoms with Gasteiger partial charge in [0.05, 0.1) is 17.7 Å². The van der Waals surface area contributed by atoms with E-state index >= 15 is 0 Å². The van der Waals surface area contributed by atoms with Crippen molar-refractivity contribution >= 4 is 21.6 Å². The van der Waals surface area contributed by atoms with Gasteiger partial charge in [0.2, 0.25) is 0 Å². The van der Waals surface area contributed by atoms with Crippen molar-refractivity contribution in [3.05, 3.63) is 54.1 Å². The van der Waals surface area contributed by atoms with Crippen LogP contribution < -0.4 is 14.4 Å². The molecule has 2 aromatic rings. The SMILES string of the molecule is COc1ccc(N(C)S(=O)(=O)c2cccc(C(=O)N[C@@H](C)[C@H]3C[C@H]4CC[C@H]3C4)c2)cc1. The molecule has 4 atom stereocenters. The summed E-state index contributed by atoms with van der Waals surface area (Å²) in [7, 11) is -0.745. The summed E-state index contributed by atoms with van der Waals surface area (Å²) in [6.07, 6.45) is 5.06. The van der Waals surface area contributed by atoms with Gasteiger partial charge in [0.1, 0.15) is 5.75 Å². The van der Waals surface area contributed by atoms with Crippen molar-refractivity contribution in [3.8, 4) is 5.75 Å². The zero-order valence-corrected chi connectivity index (χ0v) is 19.1. The topological polar surface area (TPSA) is 75.7 Å². The monoisotopic (exact) mass is 442 g/mol. The van der Waals surface area contributed by atoms with Gasteiger partial charge in [0.15, 0.2) is 0 Å². The number of sulfonamides is 1. The fourth-order valence-corrected chi connectivity index (χ4v) is 6.43. The van der Waals surface area contributed by atoms with Crippen LogP contribution >= 0.6 is 0 Å². The molecule has 0 unspecified atom stereocenters. The molecular formula is C24H30N2O4S. The van der Waals surface area contributed by atoms with Crippen LogP contribution in [0.25, 0.3) is 0 Å². The van der Waals surface area contributed by atoms with Crippen molar-refractivity contribution in [3.63, 3.8) is 0 Å². The van der Waals surface area contributed by atoms with E-state index < -0.39 is 10.0 Å². The number of carbonyl (C=O) groups excluding carboxylic acids is 1. The Labute approximate surface area is 184 Å². The molecule has 4 rings (SSSR count). The summed E-state index contributed by atoms with van der Waals surface area (Å²) < 4.78 is 32.6.